The Labute approximate surface area is 98.6 Å². The summed E-state index contributed by atoms with van der Waals surface area (Å²) < 4.78 is 0. The van der Waals surface area contributed by atoms with E-state index in [0.717, 1.165) is 6.04 Å². The minimum atomic E-state index is 0.929. The predicted molar refractivity (Wildman–Crippen MR) is 67.2 cm³/mol. The van der Waals surface area contributed by atoms with Crippen molar-refractivity contribution in [1.29, 1.82) is 0 Å². The summed E-state index contributed by atoms with van der Waals surface area (Å²) in [6, 6.07) is 0.929. The van der Waals surface area contributed by atoms with Crippen molar-refractivity contribution in [1.82, 2.24) is 9.80 Å². The van der Waals surface area contributed by atoms with Crippen molar-refractivity contribution < 1.29 is 0 Å². The van der Waals surface area contributed by atoms with E-state index in [-0.39, 0.29) is 0 Å². The average molecular weight is 218 g/mol. The van der Waals surface area contributed by atoms with Gasteiger partial charge >= 0.3 is 0 Å². The van der Waals surface area contributed by atoms with E-state index in [1.807, 2.05) is 0 Å². The van der Waals surface area contributed by atoms with Crippen LogP contribution in [0.5, 0.6) is 0 Å². The normalized spacial score (nSPS) is 27.8. The van der Waals surface area contributed by atoms with E-state index >= 15 is 0 Å². The van der Waals surface area contributed by atoms with Gasteiger partial charge in [0.05, 0.1) is 0 Å². The summed E-state index contributed by atoms with van der Waals surface area (Å²) in [5.74, 6) is 0. The van der Waals surface area contributed by atoms with Crippen molar-refractivity contribution in [2.24, 2.45) is 0 Å². The SMILES string of the molecule is C1=CC(N2CCN(C3CCC3)CC2)=CCC1. The maximum absolute atomic E-state index is 2.70. The molecule has 0 radical (unpaired) electrons. The highest BCUT2D eigenvalue weighted by molar-refractivity contribution is 5.21. The van der Waals surface area contributed by atoms with Gasteiger partial charge in [-0.3, -0.25) is 4.90 Å². The molecule has 0 atom stereocenters. The van der Waals surface area contributed by atoms with Crippen LogP contribution in [0, 0.1) is 0 Å². The molecule has 3 aliphatic rings. The molecule has 0 bridgehead atoms. The third kappa shape index (κ3) is 2.03. The molecule has 1 saturated carbocycles. The van der Waals surface area contributed by atoms with Gasteiger partial charge in [-0.2, -0.15) is 0 Å². The molecule has 0 spiro atoms. The first-order chi connectivity index (χ1) is 7.93. The second-order valence-electron chi connectivity index (χ2n) is 5.22. The van der Waals surface area contributed by atoms with E-state index in [1.54, 1.807) is 0 Å². The van der Waals surface area contributed by atoms with Gasteiger partial charge in [-0.05, 0) is 31.8 Å². The summed E-state index contributed by atoms with van der Waals surface area (Å²) in [4.78, 5) is 5.26. The summed E-state index contributed by atoms with van der Waals surface area (Å²) in [7, 11) is 0. The molecule has 3 rings (SSSR count). The fourth-order valence-corrected chi connectivity index (χ4v) is 2.93. The molecular weight excluding hydrogens is 196 g/mol. The highest BCUT2D eigenvalue weighted by atomic mass is 15.3. The van der Waals surface area contributed by atoms with Gasteiger partial charge in [0.15, 0.2) is 0 Å². The van der Waals surface area contributed by atoms with Crippen molar-refractivity contribution in [3.63, 3.8) is 0 Å². The molecule has 0 aromatic carbocycles. The number of piperazine rings is 1. The first kappa shape index (κ1) is 10.4. The summed E-state index contributed by atoms with van der Waals surface area (Å²) >= 11 is 0. The Kier molecular flexibility index (Phi) is 3.00. The number of allylic oxidation sites excluding steroid dienone is 3. The second kappa shape index (κ2) is 4.62. The van der Waals surface area contributed by atoms with Crippen molar-refractivity contribution >= 4 is 0 Å². The molecular formula is C14H22N2. The Morgan fingerprint density at radius 3 is 2.38 bits per heavy atom. The number of rotatable bonds is 2. The van der Waals surface area contributed by atoms with Crippen molar-refractivity contribution in [2.45, 2.75) is 38.1 Å². The third-order valence-electron chi connectivity index (χ3n) is 4.25. The zero-order valence-electron chi connectivity index (χ0n) is 10.1. The van der Waals surface area contributed by atoms with Crippen LogP contribution in [-0.4, -0.2) is 42.0 Å². The molecule has 1 saturated heterocycles. The van der Waals surface area contributed by atoms with Gasteiger partial charge in [0.2, 0.25) is 0 Å². The van der Waals surface area contributed by atoms with Crippen LogP contribution in [0.25, 0.3) is 0 Å². The maximum Gasteiger partial charge on any atom is 0.0323 e. The van der Waals surface area contributed by atoms with E-state index in [1.165, 1.54) is 64.0 Å². The van der Waals surface area contributed by atoms with Crippen molar-refractivity contribution in [3.05, 3.63) is 23.9 Å². The minimum Gasteiger partial charge on any atom is -0.369 e. The second-order valence-corrected chi connectivity index (χ2v) is 5.22. The van der Waals surface area contributed by atoms with E-state index < -0.39 is 0 Å². The number of hydrogen-bond acceptors (Lipinski definition) is 2. The fraction of sp³-hybridized carbons (Fsp3) is 0.714. The standard InChI is InChI=1S/C14H22N2/c1-2-5-13(6-3-1)15-9-11-16(12-10-15)14-7-4-8-14/h2,5-6,14H,1,3-4,7-12H2. The molecule has 0 aromatic heterocycles. The van der Waals surface area contributed by atoms with Gasteiger partial charge in [-0.15, -0.1) is 0 Å². The molecule has 2 nitrogen and oxygen atoms in total. The van der Waals surface area contributed by atoms with E-state index in [4.69, 9.17) is 0 Å². The van der Waals surface area contributed by atoms with Crippen LogP contribution in [0.2, 0.25) is 0 Å². The Bertz CT molecular complexity index is 294. The zero-order valence-corrected chi connectivity index (χ0v) is 10.1. The molecule has 88 valence electrons. The lowest BCUT2D eigenvalue weighted by atomic mass is 9.91. The van der Waals surface area contributed by atoms with Crippen LogP contribution in [0.3, 0.4) is 0 Å². The third-order valence-corrected chi connectivity index (χ3v) is 4.25. The Balaban J connectivity index is 1.53. The number of hydrogen-bond donors (Lipinski definition) is 0. The summed E-state index contributed by atoms with van der Waals surface area (Å²) in [5.41, 5.74) is 1.47. The van der Waals surface area contributed by atoms with Gasteiger partial charge < -0.3 is 4.90 Å². The predicted octanol–water partition coefficient (Wildman–Crippen LogP) is 2.39. The molecule has 0 aromatic rings. The van der Waals surface area contributed by atoms with E-state index in [9.17, 15) is 0 Å². The summed E-state index contributed by atoms with van der Waals surface area (Å²) in [6.45, 7) is 5.00. The molecule has 2 aliphatic carbocycles. The van der Waals surface area contributed by atoms with Gasteiger partial charge in [-0.25, -0.2) is 0 Å². The summed E-state index contributed by atoms with van der Waals surface area (Å²) in [5, 5.41) is 0. The molecule has 0 unspecified atom stereocenters. The van der Waals surface area contributed by atoms with Crippen LogP contribution in [-0.2, 0) is 0 Å². The van der Waals surface area contributed by atoms with Crippen LogP contribution in [0.1, 0.15) is 32.1 Å². The monoisotopic (exact) mass is 218 g/mol. The van der Waals surface area contributed by atoms with Crippen LogP contribution in [0.15, 0.2) is 23.9 Å². The Morgan fingerprint density at radius 2 is 1.81 bits per heavy atom. The smallest absolute Gasteiger partial charge is 0.0323 e. The molecule has 2 fully saturated rings. The lowest BCUT2D eigenvalue weighted by Gasteiger charge is -2.44. The van der Waals surface area contributed by atoms with E-state index in [2.05, 4.69) is 28.0 Å². The van der Waals surface area contributed by atoms with Crippen LogP contribution < -0.4 is 0 Å². The Morgan fingerprint density at radius 1 is 1.00 bits per heavy atom. The molecule has 1 aliphatic heterocycles. The highest BCUT2D eigenvalue weighted by Crippen LogP contribution is 2.26. The van der Waals surface area contributed by atoms with Crippen molar-refractivity contribution in [3.8, 4) is 0 Å². The lowest BCUT2D eigenvalue weighted by Crippen LogP contribution is -2.51. The Hall–Kier alpha value is -0.760. The topological polar surface area (TPSA) is 6.48 Å². The van der Waals surface area contributed by atoms with Gasteiger partial charge in [0.1, 0.15) is 0 Å². The zero-order chi connectivity index (χ0) is 10.8. The van der Waals surface area contributed by atoms with Crippen LogP contribution in [0.4, 0.5) is 0 Å². The van der Waals surface area contributed by atoms with E-state index in [0.29, 0.717) is 0 Å². The minimum absolute atomic E-state index is 0.929. The highest BCUT2D eigenvalue weighted by Gasteiger charge is 2.28. The number of nitrogens with zero attached hydrogens (tertiary/aromatic N) is 2. The maximum atomic E-state index is 2.70. The molecule has 1 heterocycles. The lowest BCUT2D eigenvalue weighted by molar-refractivity contribution is 0.0758. The average Bonchev–Trinajstić information content (AvgIpc) is 2.29. The fourth-order valence-electron chi connectivity index (χ4n) is 2.93. The first-order valence-corrected chi connectivity index (χ1v) is 6.79. The molecule has 2 heteroatoms. The summed E-state index contributed by atoms with van der Waals surface area (Å²) in [6.07, 6.45) is 13.8. The first-order valence-electron chi connectivity index (χ1n) is 6.79. The molecule has 0 N–H and O–H groups in total. The molecule has 16 heavy (non-hydrogen) atoms. The largest absolute Gasteiger partial charge is 0.369 e. The quantitative estimate of drug-likeness (QED) is 0.702. The van der Waals surface area contributed by atoms with Crippen molar-refractivity contribution in [2.75, 3.05) is 26.2 Å². The van der Waals surface area contributed by atoms with Crippen LogP contribution >= 0.6 is 0 Å². The molecule has 0 amide bonds. The van der Waals surface area contributed by atoms with Gasteiger partial charge in [-0.1, -0.05) is 18.6 Å². The van der Waals surface area contributed by atoms with Gasteiger partial charge in [0.25, 0.3) is 0 Å². The van der Waals surface area contributed by atoms with Gasteiger partial charge in [0, 0.05) is 37.9 Å².